The number of carboxylic acid groups (broad SMARTS) is 1. The van der Waals surface area contributed by atoms with Crippen LogP contribution < -0.4 is 0 Å². The maximum absolute atomic E-state index is 11.0. The number of pyridine rings is 1. The highest BCUT2D eigenvalue weighted by Gasteiger charge is 2.12. The average Bonchev–Trinajstić information content (AvgIpc) is 2.58. The van der Waals surface area contributed by atoms with Crippen molar-refractivity contribution in [2.45, 2.75) is 13.3 Å². The molecule has 0 saturated carbocycles. The normalized spacial score (nSPS) is 10.8. The molecule has 1 N–H and O–H groups in total. The van der Waals surface area contributed by atoms with Gasteiger partial charge in [0.1, 0.15) is 12.0 Å². The van der Waals surface area contributed by atoms with Gasteiger partial charge < -0.3 is 5.11 Å². The molecule has 5 heteroatoms. The fraction of sp³-hybridized carbons (Fsp3) is 0.200. The van der Waals surface area contributed by atoms with Gasteiger partial charge in [-0.25, -0.2) is 9.78 Å². The largest absolute Gasteiger partial charge is 0.477 e. The summed E-state index contributed by atoms with van der Waals surface area (Å²) >= 11 is 5.85. The van der Waals surface area contributed by atoms with Crippen LogP contribution in [0.2, 0.25) is 5.02 Å². The molecule has 0 aromatic carbocycles. The number of nitrogens with zero attached hydrogens (tertiary/aromatic N) is 2. The maximum Gasteiger partial charge on any atom is 0.352 e. The Kier molecular flexibility index (Phi) is 2.36. The molecule has 2 aromatic heterocycles. The third-order valence-electron chi connectivity index (χ3n) is 2.25. The first kappa shape index (κ1) is 9.98. The van der Waals surface area contributed by atoms with E-state index in [2.05, 4.69) is 4.98 Å². The molecule has 0 spiro atoms. The summed E-state index contributed by atoms with van der Waals surface area (Å²) in [5.41, 5.74) is 1.73. The molecule has 0 saturated heterocycles. The third-order valence-corrected chi connectivity index (χ3v) is 2.47. The predicted molar refractivity (Wildman–Crippen MR) is 56.5 cm³/mol. The van der Waals surface area contributed by atoms with Crippen LogP contribution in [0.4, 0.5) is 0 Å². The summed E-state index contributed by atoms with van der Waals surface area (Å²) in [6.45, 7) is 1.96. The van der Waals surface area contributed by atoms with Crippen LogP contribution in [0, 0.1) is 0 Å². The predicted octanol–water partition coefficient (Wildman–Crippen LogP) is 2.25. The van der Waals surface area contributed by atoms with E-state index in [0.717, 1.165) is 17.6 Å². The SMILES string of the molecule is CCc1ncn2c(C(=O)O)cc(Cl)cc12. The van der Waals surface area contributed by atoms with Crippen molar-refractivity contribution in [3.05, 3.63) is 34.9 Å². The lowest BCUT2D eigenvalue weighted by atomic mass is 10.2. The molecule has 0 unspecified atom stereocenters. The first-order chi connectivity index (χ1) is 7.13. The van der Waals surface area contributed by atoms with Gasteiger partial charge in [-0.1, -0.05) is 18.5 Å². The van der Waals surface area contributed by atoms with E-state index < -0.39 is 5.97 Å². The number of aryl methyl sites for hydroxylation is 1. The van der Waals surface area contributed by atoms with Gasteiger partial charge in [0.25, 0.3) is 0 Å². The minimum absolute atomic E-state index is 0.129. The molecule has 0 aliphatic carbocycles. The lowest BCUT2D eigenvalue weighted by molar-refractivity contribution is 0.0689. The zero-order valence-electron chi connectivity index (χ0n) is 8.07. The van der Waals surface area contributed by atoms with E-state index in [0.29, 0.717) is 5.02 Å². The first-order valence-corrected chi connectivity index (χ1v) is 4.90. The fourth-order valence-corrected chi connectivity index (χ4v) is 1.76. The minimum atomic E-state index is -1.01. The van der Waals surface area contributed by atoms with Crippen LogP contribution in [0.3, 0.4) is 0 Å². The van der Waals surface area contributed by atoms with Gasteiger partial charge in [-0.15, -0.1) is 0 Å². The molecule has 4 nitrogen and oxygen atoms in total. The zero-order valence-corrected chi connectivity index (χ0v) is 8.82. The Morgan fingerprint density at radius 1 is 1.60 bits per heavy atom. The first-order valence-electron chi connectivity index (χ1n) is 4.52. The molecule has 0 radical (unpaired) electrons. The number of hydrogen-bond acceptors (Lipinski definition) is 2. The van der Waals surface area contributed by atoms with Crippen LogP contribution in [0.5, 0.6) is 0 Å². The van der Waals surface area contributed by atoms with Crippen LogP contribution in [0.1, 0.15) is 23.1 Å². The number of carbonyl (C=O) groups is 1. The van der Waals surface area contributed by atoms with Gasteiger partial charge in [-0.3, -0.25) is 4.40 Å². The third kappa shape index (κ3) is 1.57. The molecule has 2 rings (SSSR count). The van der Waals surface area contributed by atoms with Crippen molar-refractivity contribution >= 4 is 23.1 Å². The number of aromatic nitrogens is 2. The Hall–Kier alpha value is -1.55. The second kappa shape index (κ2) is 3.55. The van der Waals surface area contributed by atoms with Gasteiger partial charge in [0, 0.05) is 5.02 Å². The topological polar surface area (TPSA) is 54.6 Å². The summed E-state index contributed by atoms with van der Waals surface area (Å²) < 4.78 is 1.53. The van der Waals surface area contributed by atoms with Crippen molar-refractivity contribution in [3.8, 4) is 0 Å². The molecule has 0 atom stereocenters. The van der Waals surface area contributed by atoms with E-state index in [1.165, 1.54) is 16.8 Å². The summed E-state index contributed by atoms with van der Waals surface area (Å²) in [7, 11) is 0. The van der Waals surface area contributed by atoms with Crippen LogP contribution in [0.25, 0.3) is 5.52 Å². The molecule has 2 aromatic rings. The van der Waals surface area contributed by atoms with Crippen molar-refractivity contribution in [1.82, 2.24) is 9.38 Å². The van der Waals surface area contributed by atoms with E-state index in [1.807, 2.05) is 6.92 Å². The molecule has 0 amide bonds. The Bertz CT molecular complexity index is 533. The summed E-state index contributed by atoms with van der Waals surface area (Å²) in [5.74, 6) is -1.01. The summed E-state index contributed by atoms with van der Waals surface area (Å²) in [6, 6.07) is 3.14. The Morgan fingerprint density at radius 2 is 2.33 bits per heavy atom. The van der Waals surface area contributed by atoms with Crippen LogP contribution in [-0.4, -0.2) is 20.5 Å². The summed E-state index contributed by atoms with van der Waals surface area (Å²) in [4.78, 5) is 15.1. The van der Waals surface area contributed by atoms with E-state index in [4.69, 9.17) is 16.7 Å². The Morgan fingerprint density at radius 3 is 2.93 bits per heavy atom. The molecule has 0 aliphatic heterocycles. The van der Waals surface area contributed by atoms with E-state index in [1.54, 1.807) is 6.07 Å². The number of aromatic carboxylic acids is 1. The van der Waals surface area contributed by atoms with Crippen molar-refractivity contribution in [1.29, 1.82) is 0 Å². The number of halogens is 1. The zero-order chi connectivity index (χ0) is 11.0. The molecular formula is C10H9ClN2O2. The number of imidazole rings is 1. The van der Waals surface area contributed by atoms with Crippen molar-refractivity contribution in [2.24, 2.45) is 0 Å². The maximum atomic E-state index is 11.0. The monoisotopic (exact) mass is 224 g/mol. The minimum Gasteiger partial charge on any atom is -0.477 e. The quantitative estimate of drug-likeness (QED) is 0.851. The highest BCUT2D eigenvalue weighted by molar-refractivity contribution is 6.31. The molecule has 0 fully saturated rings. The molecule has 2 heterocycles. The molecule has 0 aliphatic rings. The molecule has 15 heavy (non-hydrogen) atoms. The number of hydrogen-bond donors (Lipinski definition) is 1. The number of fused-ring (bicyclic) bond motifs is 1. The lowest BCUT2D eigenvalue weighted by Gasteiger charge is -2.02. The number of carboxylic acids is 1. The van der Waals surface area contributed by atoms with Gasteiger partial charge in [0.05, 0.1) is 11.2 Å². The molecule has 0 bridgehead atoms. The lowest BCUT2D eigenvalue weighted by Crippen LogP contribution is -2.04. The Labute approximate surface area is 91.1 Å². The van der Waals surface area contributed by atoms with E-state index in [-0.39, 0.29) is 5.69 Å². The smallest absolute Gasteiger partial charge is 0.352 e. The summed E-state index contributed by atoms with van der Waals surface area (Å²) in [5, 5.41) is 9.39. The number of rotatable bonds is 2. The van der Waals surface area contributed by atoms with Gasteiger partial charge in [0.2, 0.25) is 0 Å². The highest BCUT2D eigenvalue weighted by atomic mass is 35.5. The van der Waals surface area contributed by atoms with Crippen LogP contribution in [0.15, 0.2) is 18.5 Å². The van der Waals surface area contributed by atoms with Gasteiger partial charge in [-0.05, 0) is 18.6 Å². The van der Waals surface area contributed by atoms with Gasteiger partial charge in [-0.2, -0.15) is 0 Å². The molecular weight excluding hydrogens is 216 g/mol. The fourth-order valence-electron chi connectivity index (χ4n) is 1.55. The second-order valence-electron chi connectivity index (χ2n) is 3.16. The van der Waals surface area contributed by atoms with E-state index >= 15 is 0 Å². The van der Waals surface area contributed by atoms with Gasteiger partial charge in [0.15, 0.2) is 0 Å². The molecule has 78 valence electrons. The highest BCUT2D eigenvalue weighted by Crippen LogP contribution is 2.19. The van der Waals surface area contributed by atoms with E-state index in [9.17, 15) is 4.79 Å². The van der Waals surface area contributed by atoms with Crippen molar-refractivity contribution in [2.75, 3.05) is 0 Å². The van der Waals surface area contributed by atoms with Crippen molar-refractivity contribution < 1.29 is 9.90 Å². The van der Waals surface area contributed by atoms with Gasteiger partial charge >= 0.3 is 5.97 Å². The van der Waals surface area contributed by atoms with Crippen molar-refractivity contribution in [3.63, 3.8) is 0 Å². The summed E-state index contributed by atoms with van der Waals surface area (Å²) in [6.07, 6.45) is 2.25. The standard InChI is InChI=1S/C10H9ClN2O2/c1-2-7-8-3-6(11)4-9(10(14)15)13(8)5-12-7/h3-5H,2H2,1H3,(H,14,15). The van der Waals surface area contributed by atoms with Crippen LogP contribution in [-0.2, 0) is 6.42 Å². The average molecular weight is 225 g/mol. The van der Waals surface area contributed by atoms with Crippen LogP contribution >= 0.6 is 11.6 Å². The second-order valence-corrected chi connectivity index (χ2v) is 3.60. The Balaban J connectivity index is 2.82.